The molecule has 0 saturated carbocycles. The molecule has 2 fully saturated rings. The second kappa shape index (κ2) is 8.20. The third kappa shape index (κ3) is 4.34. The topological polar surface area (TPSA) is 55.6 Å². The van der Waals surface area contributed by atoms with Crippen molar-refractivity contribution in [3.63, 3.8) is 0 Å². The molecule has 118 valence electrons. The molecule has 0 aromatic rings. The second-order valence-corrected chi connectivity index (χ2v) is 6.37. The largest absolute Gasteiger partial charge is 0.364 e. The molecular formula is C15H29ClN2O2. The number of nitrogens with two attached hydrogens (primary N) is 1. The lowest BCUT2D eigenvalue weighted by atomic mass is 9.93. The van der Waals surface area contributed by atoms with Crippen molar-refractivity contribution in [3.8, 4) is 0 Å². The smallest absolute Gasteiger partial charge is 0.251 e. The zero-order chi connectivity index (χ0) is 13.8. The number of nitrogens with zero attached hydrogens (tertiary/aromatic N) is 1. The minimum Gasteiger partial charge on any atom is -0.364 e. The van der Waals surface area contributed by atoms with Gasteiger partial charge in [0.25, 0.3) is 5.91 Å². The van der Waals surface area contributed by atoms with Crippen molar-refractivity contribution in [2.75, 3.05) is 13.1 Å². The molecule has 2 heterocycles. The normalized spacial score (nSPS) is 30.4. The zero-order valence-electron chi connectivity index (χ0n) is 12.7. The molecule has 0 aliphatic carbocycles. The van der Waals surface area contributed by atoms with Gasteiger partial charge in [0.2, 0.25) is 0 Å². The number of rotatable bonds is 4. The van der Waals surface area contributed by atoms with Gasteiger partial charge in [-0.05, 0) is 44.4 Å². The predicted molar refractivity (Wildman–Crippen MR) is 83.0 cm³/mol. The van der Waals surface area contributed by atoms with Gasteiger partial charge in [-0.1, -0.05) is 13.8 Å². The highest BCUT2D eigenvalue weighted by Crippen LogP contribution is 2.27. The highest BCUT2D eigenvalue weighted by Gasteiger charge is 2.36. The quantitative estimate of drug-likeness (QED) is 0.867. The molecule has 20 heavy (non-hydrogen) atoms. The molecular weight excluding hydrogens is 276 g/mol. The summed E-state index contributed by atoms with van der Waals surface area (Å²) in [7, 11) is 0. The number of piperidine rings is 1. The van der Waals surface area contributed by atoms with Crippen LogP contribution in [-0.4, -0.2) is 42.1 Å². The zero-order valence-corrected chi connectivity index (χ0v) is 13.5. The number of ether oxygens (including phenoxy) is 1. The van der Waals surface area contributed by atoms with Gasteiger partial charge in [-0.3, -0.25) is 4.79 Å². The van der Waals surface area contributed by atoms with E-state index in [0.29, 0.717) is 18.5 Å². The fraction of sp³-hybridized carbons (Fsp3) is 0.933. The Bertz CT molecular complexity index is 312. The van der Waals surface area contributed by atoms with E-state index in [9.17, 15) is 4.79 Å². The Morgan fingerprint density at radius 1 is 1.30 bits per heavy atom. The monoisotopic (exact) mass is 304 g/mol. The minimum absolute atomic E-state index is 0. The number of halogens is 1. The van der Waals surface area contributed by atoms with E-state index >= 15 is 0 Å². The fourth-order valence-corrected chi connectivity index (χ4v) is 3.33. The molecule has 2 saturated heterocycles. The van der Waals surface area contributed by atoms with Crippen LogP contribution in [0.3, 0.4) is 0 Å². The van der Waals surface area contributed by atoms with Crippen LogP contribution in [0, 0.1) is 5.92 Å². The summed E-state index contributed by atoms with van der Waals surface area (Å²) in [5.74, 6) is 0.848. The average Bonchev–Trinajstić information content (AvgIpc) is 2.86. The van der Waals surface area contributed by atoms with Crippen molar-refractivity contribution in [2.24, 2.45) is 11.7 Å². The first-order valence-corrected chi connectivity index (χ1v) is 7.77. The molecule has 1 amide bonds. The van der Waals surface area contributed by atoms with Gasteiger partial charge in [0.1, 0.15) is 6.10 Å². The van der Waals surface area contributed by atoms with Crippen LogP contribution in [-0.2, 0) is 9.53 Å². The summed E-state index contributed by atoms with van der Waals surface area (Å²) in [5.41, 5.74) is 5.62. The maximum absolute atomic E-state index is 12.6. The van der Waals surface area contributed by atoms with Crippen LogP contribution in [0.1, 0.15) is 52.4 Å². The van der Waals surface area contributed by atoms with Crippen molar-refractivity contribution in [2.45, 2.75) is 70.6 Å². The Labute approximate surface area is 128 Å². The molecule has 2 N–H and O–H groups in total. The Morgan fingerprint density at radius 3 is 2.65 bits per heavy atom. The van der Waals surface area contributed by atoms with Crippen LogP contribution >= 0.6 is 12.4 Å². The first kappa shape index (κ1) is 17.7. The molecule has 0 bridgehead atoms. The van der Waals surface area contributed by atoms with Gasteiger partial charge in [-0.25, -0.2) is 0 Å². The number of likely N-dealkylation sites (tertiary alicyclic amines) is 1. The van der Waals surface area contributed by atoms with E-state index in [1.54, 1.807) is 0 Å². The lowest BCUT2D eigenvalue weighted by Crippen LogP contribution is -2.48. The molecule has 0 aromatic heterocycles. The number of hydrogen-bond donors (Lipinski definition) is 1. The Morgan fingerprint density at radius 2 is 2.05 bits per heavy atom. The van der Waals surface area contributed by atoms with Gasteiger partial charge >= 0.3 is 0 Å². The molecule has 2 rings (SSSR count). The van der Waals surface area contributed by atoms with Gasteiger partial charge < -0.3 is 15.4 Å². The van der Waals surface area contributed by atoms with E-state index in [-0.39, 0.29) is 30.5 Å². The first-order chi connectivity index (χ1) is 9.11. The van der Waals surface area contributed by atoms with Crippen LogP contribution < -0.4 is 5.73 Å². The minimum atomic E-state index is -0.235. The van der Waals surface area contributed by atoms with Gasteiger partial charge in [0.05, 0.1) is 6.10 Å². The summed E-state index contributed by atoms with van der Waals surface area (Å²) in [6.45, 7) is 5.89. The van der Waals surface area contributed by atoms with Gasteiger partial charge in [0, 0.05) is 19.1 Å². The van der Waals surface area contributed by atoms with Crippen LogP contribution in [0.2, 0.25) is 0 Å². The first-order valence-electron chi connectivity index (χ1n) is 7.77. The summed E-state index contributed by atoms with van der Waals surface area (Å²) < 4.78 is 5.76. The van der Waals surface area contributed by atoms with Crippen LogP contribution in [0.5, 0.6) is 0 Å². The predicted octanol–water partition coefficient (Wildman–Crippen LogP) is 2.34. The van der Waals surface area contributed by atoms with Gasteiger partial charge in [-0.15, -0.1) is 12.4 Å². The maximum Gasteiger partial charge on any atom is 0.251 e. The van der Waals surface area contributed by atoms with Crippen LogP contribution in [0.4, 0.5) is 0 Å². The van der Waals surface area contributed by atoms with Crippen LogP contribution in [0.25, 0.3) is 0 Å². The maximum atomic E-state index is 12.6. The molecule has 3 atom stereocenters. The van der Waals surface area contributed by atoms with Gasteiger partial charge in [-0.2, -0.15) is 0 Å². The molecule has 0 aromatic carbocycles. The van der Waals surface area contributed by atoms with E-state index in [1.165, 1.54) is 6.42 Å². The van der Waals surface area contributed by atoms with Gasteiger partial charge in [0.15, 0.2) is 0 Å². The molecule has 0 spiro atoms. The van der Waals surface area contributed by atoms with Crippen LogP contribution in [0.15, 0.2) is 0 Å². The summed E-state index contributed by atoms with van der Waals surface area (Å²) in [5, 5.41) is 0. The molecule has 0 radical (unpaired) electrons. The van der Waals surface area contributed by atoms with Crippen molar-refractivity contribution in [1.82, 2.24) is 4.90 Å². The third-order valence-electron chi connectivity index (χ3n) is 4.30. The van der Waals surface area contributed by atoms with E-state index in [1.807, 2.05) is 0 Å². The fourth-order valence-electron chi connectivity index (χ4n) is 3.33. The average molecular weight is 305 g/mol. The lowest BCUT2D eigenvalue weighted by molar-refractivity contribution is -0.146. The number of carbonyl (C=O) groups is 1. The highest BCUT2D eigenvalue weighted by molar-refractivity contribution is 5.85. The number of amides is 1. The van der Waals surface area contributed by atoms with E-state index in [2.05, 4.69) is 18.7 Å². The van der Waals surface area contributed by atoms with Crippen molar-refractivity contribution in [3.05, 3.63) is 0 Å². The Balaban J connectivity index is 0.00000200. The van der Waals surface area contributed by atoms with Crippen molar-refractivity contribution >= 4 is 18.3 Å². The molecule has 1 unspecified atom stereocenters. The standard InChI is InChI=1S/C15H28N2O2.ClH/c1-11(2)9-12-5-3-4-8-17(12)15(18)14-7-6-13(10-16)19-14;/h11-14H,3-10,16H2,1-2H3;1H/t12?,13-,14+;/m1./s1. The van der Waals surface area contributed by atoms with E-state index in [4.69, 9.17) is 10.5 Å². The second-order valence-electron chi connectivity index (χ2n) is 6.37. The summed E-state index contributed by atoms with van der Waals surface area (Å²) in [4.78, 5) is 14.7. The Kier molecular flexibility index (Phi) is 7.27. The van der Waals surface area contributed by atoms with E-state index < -0.39 is 0 Å². The van der Waals surface area contributed by atoms with Crippen molar-refractivity contribution in [1.29, 1.82) is 0 Å². The SMILES string of the molecule is CC(C)CC1CCCCN1C(=O)[C@@H]1CC[C@H](CN)O1.Cl. The Hall–Kier alpha value is -0.320. The summed E-state index contributed by atoms with van der Waals surface area (Å²) in [6, 6.07) is 0.418. The molecule has 2 aliphatic heterocycles. The van der Waals surface area contributed by atoms with E-state index in [0.717, 1.165) is 38.6 Å². The molecule has 2 aliphatic rings. The summed E-state index contributed by atoms with van der Waals surface area (Å²) >= 11 is 0. The molecule has 5 heteroatoms. The van der Waals surface area contributed by atoms with Crippen molar-refractivity contribution < 1.29 is 9.53 Å². The lowest BCUT2D eigenvalue weighted by Gasteiger charge is -2.38. The number of carbonyl (C=O) groups excluding carboxylic acids is 1. The number of hydrogen-bond acceptors (Lipinski definition) is 3. The molecule has 4 nitrogen and oxygen atoms in total. The highest BCUT2D eigenvalue weighted by atomic mass is 35.5. The summed E-state index contributed by atoms with van der Waals surface area (Å²) in [6.07, 6.45) is 6.26. The third-order valence-corrected chi connectivity index (χ3v) is 4.30.